The Bertz CT molecular complexity index is 3590. The minimum Gasteiger partial charge on any atom is -0.428 e. The summed E-state index contributed by atoms with van der Waals surface area (Å²) >= 11 is 1.61. The van der Waals surface area contributed by atoms with E-state index >= 15 is 0 Å². The van der Waals surface area contributed by atoms with Gasteiger partial charge in [-0.3, -0.25) is 30.0 Å². The lowest BCUT2D eigenvalue weighted by Crippen LogP contribution is -1.91. The third kappa shape index (κ3) is 37.0. The minimum absolute atomic E-state index is 0.345. The van der Waals surface area contributed by atoms with Crippen LogP contribution in [0.1, 0.15) is 279 Å². The molecule has 103 heavy (non-hydrogen) atoms. The molecule has 10 heterocycles. The number of H-pyrrole nitrogens is 1. The SMILES string of the molecule is CC(C)c1cc2ccccc2cn1.CC(C)c1ccccc1.CC(C)c1ccccn1.CC(C)c1cccnc1.CC(C)c1ccn[nH]1.CC(C)c1ccncc1.CC(C)c1ccnnc1.CC(C)c1ccon1.CC(C)c1cnc2ccccc2c1.CC(C)c1nnco1.CC(C)c1nncs1. The van der Waals surface area contributed by atoms with Crippen LogP contribution in [0.25, 0.3) is 21.7 Å². The molecule has 0 bridgehead atoms. The van der Waals surface area contributed by atoms with E-state index in [1.165, 1.54) is 61.8 Å². The zero-order chi connectivity index (χ0) is 75.9. The van der Waals surface area contributed by atoms with E-state index < -0.39 is 0 Å². The molecule has 0 atom stereocenters. The van der Waals surface area contributed by atoms with Gasteiger partial charge in [-0.2, -0.15) is 15.3 Å². The number of benzene rings is 3. The molecule has 0 saturated carbocycles. The van der Waals surface area contributed by atoms with Gasteiger partial charge in [0.25, 0.3) is 0 Å². The Morgan fingerprint density at radius 1 is 0.340 bits per heavy atom. The number of aromatic nitrogens is 14. The van der Waals surface area contributed by atoms with Crippen molar-refractivity contribution in [2.45, 2.75) is 217 Å². The summed E-state index contributed by atoms with van der Waals surface area (Å²) in [5, 5.41) is 37.5. The first-order chi connectivity index (χ1) is 49.3. The fourth-order valence-electron chi connectivity index (χ4n) is 8.46. The Morgan fingerprint density at radius 3 is 1.32 bits per heavy atom. The monoisotopic (exact) mass is 1410 g/mol. The quantitative estimate of drug-likeness (QED) is 0.128. The summed E-state index contributed by atoms with van der Waals surface area (Å²) in [4.78, 5) is 20.9. The van der Waals surface area contributed by atoms with Crippen molar-refractivity contribution in [1.82, 2.24) is 70.9 Å². The largest absolute Gasteiger partial charge is 0.428 e. The average molecular weight is 1410 g/mol. The summed E-state index contributed by atoms with van der Waals surface area (Å²) in [6.45, 7) is 47.0. The lowest BCUT2D eigenvalue weighted by atomic mass is 10.0. The Morgan fingerprint density at radius 2 is 0.922 bits per heavy atom. The second kappa shape index (κ2) is 50.5. The van der Waals surface area contributed by atoms with Crippen LogP contribution in [0.15, 0.2) is 241 Å². The standard InChI is InChI=1S/2C12H13N.C9H12.3C8H11N.C7H10N2.C6H10N2.C6H9NO.C5H8N2O.C5H8N2S/c1-9(2)11-7-10-5-3-4-6-12(10)13-8-11;1-9(2)12-7-10-5-3-4-6-11(10)8-13-12;1-8(2)9-6-4-3-5-7-9;1-7(2)8-3-5-9-6-4-8;1-7(2)8-4-3-5-9-6-8;1-7(2)8-5-3-4-6-9-8;1-6(2)7-3-4-8-9-5-7;1-5(2)6-3-4-7-8-6;1-5(2)6-3-4-8-7-6;2*1-4(2)5-7-6-3-8-5/h2*3-9H,1-2H3;3-8H,1-2H3;3*3-7H,1-2H3;3-6H,1-2H3;3-5H,1-2H3,(H,7,8);3-5H,1-2H3;2*3-4H,1-2H3. The number of hydrogen-bond donors (Lipinski definition) is 1. The van der Waals surface area contributed by atoms with Gasteiger partial charge < -0.3 is 8.94 Å². The molecule has 0 aliphatic rings. The highest BCUT2D eigenvalue weighted by Gasteiger charge is 2.06. The Balaban J connectivity index is 0.000000296. The number of nitrogens with zero attached hydrogens (tertiary/aromatic N) is 13. The summed E-state index contributed by atoms with van der Waals surface area (Å²) in [7, 11) is 0. The van der Waals surface area contributed by atoms with Crippen LogP contribution in [-0.2, 0) is 0 Å². The maximum Gasteiger partial charge on any atom is 0.218 e. The number of aromatic amines is 1. The molecular formula is C86H116N14O2S. The van der Waals surface area contributed by atoms with Gasteiger partial charge in [0.15, 0.2) is 0 Å². The fourth-order valence-corrected chi connectivity index (χ4v) is 9.03. The molecule has 0 saturated heterocycles. The van der Waals surface area contributed by atoms with E-state index in [9.17, 15) is 0 Å². The second-order valence-electron chi connectivity index (χ2n) is 27.5. The van der Waals surface area contributed by atoms with Gasteiger partial charge >= 0.3 is 0 Å². The topological polar surface area (TPSA) is 210 Å². The zero-order valence-electron chi connectivity index (χ0n) is 65.3. The molecule has 0 aliphatic carbocycles. The van der Waals surface area contributed by atoms with Crippen molar-refractivity contribution in [1.29, 1.82) is 0 Å². The predicted molar refractivity (Wildman–Crippen MR) is 429 cm³/mol. The van der Waals surface area contributed by atoms with Gasteiger partial charge in [0.1, 0.15) is 16.8 Å². The lowest BCUT2D eigenvalue weighted by Gasteiger charge is -2.05. The molecule has 1 N–H and O–H groups in total. The molecule has 16 nitrogen and oxygen atoms in total. The van der Waals surface area contributed by atoms with E-state index in [2.05, 4.69) is 281 Å². The predicted octanol–water partition coefficient (Wildman–Crippen LogP) is 23.9. The van der Waals surface area contributed by atoms with Crippen molar-refractivity contribution < 1.29 is 8.94 Å². The molecule has 0 radical (unpaired) electrons. The Hall–Kier alpha value is -9.87. The first kappa shape index (κ1) is 87.3. The van der Waals surface area contributed by atoms with Gasteiger partial charge in [-0.15, -0.1) is 31.7 Å². The Labute approximate surface area is 620 Å². The van der Waals surface area contributed by atoms with Crippen LogP contribution in [0.4, 0.5) is 0 Å². The smallest absolute Gasteiger partial charge is 0.218 e. The van der Waals surface area contributed by atoms with Crippen LogP contribution >= 0.6 is 11.3 Å². The zero-order valence-corrected chi connectivity index (χ0v) is 66.1. The average Bonchev–Trinajstić information content (AvgIpc) is 1.72. The maximum atomic E-state index is 4.87. The molecule has 3 aromatic carbocycles. The van der Waals surface area contributed by atoms with Gasteiger partial charge in [-0.05, 0) is 147 Å². The van der Waals surface area contributed by atoms with Crippen molar-refractivity contribution >= 4 is 33.0 Å². The normalized spacial score (nSPS) is 10.4. The van der Waals surface area contributed by atoms with Gasteiger partial charge in [-0.25, -0.2) is 0 Å². The highest BCUT2D eigenvalue weighted by Crippen LogP contribution is 2.21. The van der Waals surface area contributed by atoms with E-state index in [-0.39, 0.29) is 0 Å². The molecule has 10 aromatic heterocycles. The van der Waals surface area contributed by atoms with Gasteiger partial charge in [0, 0.05) is 102 Å². The van der Waals surface area contributed by atoms with Crippen molar-refractivity contribution in [2.75, 3.05) is 0 Å². The number of hydrogen-bond acceptors (Lipinski definition) is 16. The summed E-state index contributed by atoms with van der Waals surface area (Å²) in [5.74, 6) is 6.66. The summed E-state index contributed by atoms with van der Waals surface area (Å²) in [6, 6.07) is 51.4. The van der Waals surface area contributed by atoms with Gasteiger partial charge in [-0.1, -0.05) is 242 Å². The van der Waals surface area contributed by atoms with Crippen molar-refractivity contribution in [3.63, 3.8) is 0 Å². The number of pyridine rings is 5. The summed E-state index contributed by atoms with van der Waals surface area (Å²) in [6.07, 6.45) is 21.3. The second-order valence-corrected chi connectivity index (χ2v) is 28.4. The number of fused-ring (bicyclic) bond motifs is 2. The van der Waals surface area contributed by atoms with Crippen LogP contribution in [0.5, 0.6) is 0 Å². The van der Waals surface area contributed by atoms with Crippen LogP contribution in [0.3, 0.4) is 0 Å². The number of para-hydroxylation sites is 1. The van der Waals surface area contributed by atoms with E-state index in [0.717, 1.165) is 21.9 Å². The van der Waals surface area contributed by atoms with Crippen LogP contribution in [0, 0.1) is 0 Å². The van der Waals surface area contributed by atoms with E-state index in [1.807, 2.05) is 136 Å². The van der Waals surface area contributed by atoms with Gasteiger partial charge in [0.2, 0.25) is 12.3 Å². The third-order valence-electron chi connectivity index (χ3n) is 15.2. The molecule has 0 fully saturated rings. The van der Waals surface area contributed by atoms with E-state index in [0.29, 0.717) is 71.0 Å². The maximum absolute atomic E-state index is 4.87. The fraction of sp³-hybridized carbons (Fsp3) is 0.384. The Kier molecular flexibility index (Phi) is 42.8. The molecule has 13 aromatic rings. The van der Waals surface area contributed by atoms with Crippen LogP contribution in [0.2, 0.25) is 0 Å². The third-order valence-corrected chi connectivity index (χ3v) is 16.2. The van der Waals surface area contributed by atoms with Crippen LogP contribution < -0.4 is 0 Å². The summed E-state index contributed by atoms with van der Waals surface area (Å²) in [5.41, 5.74) is 14.0. The minimum atomic E-state index is 0.345. The molecule has 548 valence electrons. The molecule has 0 amide bonds. The lowest BCUT2D eigenvalue weighted by molar-refractivity contribution is 0.408. The molecular weight excluding hydrogens is 1290 g/mol. The molecule has 0 aliphatic heterocycles. The number of rotatable bonds is 11. The first-order valence-corrected chi connectivity index (χ1v) is 36.8. The number of nitrogens with one attached hydrogen (secondary N) is 1. The highest BCUT2D eigenvalue weighted by molar-refractivity contribution is 7.09. The van der Waals surface area contributed by atoms with E-state index in [4.69, 9.17) is 4.42 Å². The van der Waals surface area contributed by atoms with Crippen molar-refractivity contribution in [3.05, 3.63) is 293 Å². The molecule has 0 spiro atoms. The molecule has 0 unspecified atom stereocenters. The molecule has 13 rings (SSSR count). The van der Waals surface area contributed by atoms with Crippen molar-refractivity contribution in [3.8, 4) is 0 Å². The highest BCUT2D eigenvalue weighted by atomic mass is 32.1. The van der Waals surface area contributed by atoms with Gasteiger partial charge in [0.05, 0.1) is 17.4 Å². The van der Waals surface area contributed by atoms with Crippen molar-refractivity contribution in [2.24, 2.45) is 0 Å². The molecule has 17 heteroatoms. The summed E-state index contributed by atoms with van der Waals surface area (Å²) < 4.78 is 9.50. The van der Waals surface area contributed by atoms with E-state index in [1.54, 1.807) is 47.9 Å². The first-order valence-electron chi connectivity index (χ1n) is 35.9. The van der Waals surface area contributed by atoms with Crippen LogP contribution in [-0.4, -0.2) is 70.9 Å².